The van der Waals surface area contributed by atoms with Gasteiger partial charge < -0.3 is 19.3 Å². The van der Waals surface area contributed by atoms with Crippen molar-refractivity contribution in [2.75, 3.05) is 32.8 Å². The number of nitrogens with zero attached hydrogens (tertiary/aromatic N) is 5. The lowest BCUT2D eigenvalue weighted by molar-refractivity contribution is 0.0408. The molecule has 1 atom stereocenters. The highest BCUT2D eigenvalue weighted by Gasteiger charge is 2.33. The maximum Gasteiger partial charge on any atom is 0.293 e. The quantitative estimate of drug-likeness (QED) is 0.571. The molecule has 2 amide bonds. The van der Waals surface area contributed by atoms with Crippen LogP contribution in [0.15, 0.2) is 42.7 Å². The van der Waals surface area contributed by atoms with E-state index >= 15 is 0 Å². The number of benzene rings is 2. The van der Waals surface area contributed by atoms with Gasteiger partial charge in [0, 0.05) is 31.2 Å². The number of carbonyl (C=O) groups excluding carboxylic acids is 2. The van der Waals surface area contributed by atoms with Gasteiger partial charge in [-0.05, 0) is 43.7 Å². The van der Waals surface area contributed by atoms with Crippen LogP contribution in [0.4, 0.5) is 0 Å². The summed E-state index contributed by atoms with van der Waals surface area (Å²) >= 11 is 6.31. The molecule has 1 saturated heterocycles. The molecule has 0 spiro atoms. The van der Waals surface area contributed by atoms with Crippen LogP contribution in [0.25, 0.3) is 5.69 Å². The molecular formula is C24H24ClN5O4. The van der Waals surface area contributed by atoms with Crippen molar-refractivity contribution in [1.29, 1.82) is 0 Å². The Bertz CT molecular complexity index is 1260. The number of hydrogen-bond acceptors (Lipinski definition) is 6. The minimum Gasteiger partial charge on any atom is -0.486 e. The van der Waals surface area contributed by atoms with Gasteiger partial charge in [-0.3, -0.25) is 9.59 Å². The first-order chi connectivity index (χ1) is 16.4. The molecule has 9 nitrogen and oxygen atoms in total. The third-order valence-corrected chi connectivity index (χ3v) is 6.25. The number of ether oxygens (including phenoxy) is 2. The first-order valence-electron chi connectivity index (χ1n) is 11.1. The molecule has 0 aliphatic carbocycles. The van der Waals surface area contributed by atoms with Gasteiger partial charge in [-0.15, -0.1) is 5.10 Å². The molecule has 0 bridgehead atoms. The van der Waals surface area contributed by atoms with Crippen LogP contribution < -0.4 is 9.47 Å². The molecule has 34 heavy (non-hydrogen) atoms. The summed E-state index contributed by atoms with van der Waals surface area (Å²) in [7, 11) is 0. The summed E-state index contributed by atoms with van der Waals surface area (Å²) in [6.07, 6.45) is 1.54. The molecular weight excluding hydrogens is 458 g/mol. The maximum absolute atomic E-state index is 13.2. The third-order valence-electron chi connectivity index (χ3n) is 5.97. The molecule has 5 rings (SSSR count). The highest BCUT2D eigenvalue weighted by atomic mass is 35.5. The molecule has 2 aliphatic rings. The second-order valence-corrected chi connectivity index (χ2v) is 8.84. The molecule has 1 aromatic heterocycles. The molecule has 2 aromatic carbocycles. The van der Waals surface area contributed by atoms with Crippen LogP contribution in [-0.2, 0) is 0 Å². The van der Waals surface area contributed by atoms with Gasteiger partial charge in [-0.2, -0.15) is 0 Å². The number of halogens is 1. The summed E-state index contributed by atoms with van der Waals surface area (Å²) in [5.41, 5.74) is 2.36. The highest BCUT2D eigenvalue weighted by Crippen LogP contribution is 2.38. The maximum atomic E-state index is 13.2. The lowest BCUT2D eigenvalue weighted by Crippen LogP contribution is -2.55. The average molecular weight is 482 g/mol. The summed E-state index contributed by atoms with van der Waals surface area (Å²) in [5, 5.41) is 4.71. The van der Waals surface area contributed by atoms with Crippen molar-refractivity contribution in [2.24, 2.45) is 0 Å². The van der Waals surface area contributed by atoms with Gasteiger partial charge in [0.05, 0.1) is 10.7 Å². The minimum absolute atomic E-state index is 0.132. The summed E-state index contributed by atoms with van der Waals surface area (Å²) in [6, 6.07) is 10.9. The van der Waals surface area contributed by atoms with Gasteiger partial charge in [0.2, 0.25) is 5.82 Å². The Morgan fingerprint density at radius 1 is 1.09 bits per heavy atom. The van der Waals surface area contributed by atoms with Crippen LogP contribution >= 0.6 is 11.6 Å². The second-order valence-electron chi connectivity index (χ2n) is 8.43. The molecule has 0 saturated carbocycles. The van der Waals surface area contributed by atoms with Crippen molar-refractivity contribution in [3.8, 4) is 17.2 Å². The van der Waals surface area contributed by atoms with E-state index in [1.54, 1.807) is 26.6 Å². The molecule has 176 valence electrons. The number of hydrogen-bond donors (Lipinski definition) is 0. The molecule has 1 fully saturated rings. The zero-order valence-corrected chi connectivity index (χ0v) is 19.7. The van der Waals surface area contributed by atoms with E-state index in [9.17, 15) is 9.59 Å². The van der Waals surface area contributed by atoms with Crippen LogP contribution in [0, 0.1) is 6.92 Å². The predicted octanol–water partition coefficient (Wildman–Crippen LogP) is 2.99. The van der Waals surface area contributed by atoms with E-state index in [-0.39, 0.29) is 23.7 Å². The molecule has 10 heteroatoms. The molecule has 3 heterocycles. The SMILES string of the molecule is Cc1cccc(-n2cnc(C(=O)N3CCN(C(=O)c4cc(Cl)c5c(c4)OCCO5)C(C)C3)n2)c1. The van der Waals surface area contributed by atoms with Gasteiger partial charge >= 0.3 is 0 Å². The third kappa shape index (κ3) is 4.19. The first kappa shape index (κ1) is 22.2. The topological polar surface area (TPSA) is 89.8 Å². The van der Waals surface area contributed by atoms with E-state index < -0.39 is 0 Å². The van der Waals surface area contributed by atoms with Gasteiger partial charge in [-0.1, -0.05) is 23.7 Å². The summed E-state index contributed by atoms with van der Waals surface area (Å²) in [5.74, 6) is 0.643. The fourth-order valence-corrected chi connectivity index (χ4v) is 4.51. The largest absolute Gasteiger partial charge is 0.486 e. The first-order valence-corrected chi connectivity index (χ1v) is 11.5. The fourth-order valence-electron chi connectivity index (χ4n) is 4.24. The van der Waals surface area contributed by atoms with Crippen LogP contribution in [0.2, 0.25) is 5.02 Å². The fraction of sp³-hybridized carbons (Fsp3) is 0.333. The van der Waals surface area contributed by atoms with Gasteiger partial charge in [0.1, 0.15) is 19.5 Å². The Morgan fingerprint density at radius 3 is 2.71 bits per heavy atom. The Balaban J connectivity index is 1.27. The second kappa shape index (κ2) is 8.98. The number of rotatable bonds is 3. The standard InChI is InChI=1S/C24H24ClN5O4/c1-15-4-3-5-18(10-15)30-14-26-22(27-30)24(32)28-6-7-29(16(2)13-28)23(31)17-11-19(25)21-20(12-17)33-8-9-34-21/h3-5,10-12,14,16H,6-9,13H2,1-2H3. The summed E-state index contributed by atoms with van der Waals surface area (Å²) in [6.45, 7) is 5.88. The smallest absolute Gasteiger partial charge is 0.293 e. The molecule has 0 radical (unpaired) electrons. The van der Waals surface area contributed by atoms with Crippen LogP contribution in [0.1, 0.15) is 33.5 Å². The summed E-state index contributed by atoms with van der Waals surface area (Å²) in [4.78, 5) is 33.9. The zero-order valence-electron chi connectivity index (χ0n) is 18.9. The van der Waals surface area contributed by atoms with Crippen molar-refractivity contribution in [1.82, 2.24) is 24.6 Å². The van der Waals surface area contributed by atoms with E-state index in [4.69, 9.17) is 21.1 Å². The zero-order chi connectivity index (χ0) is 23.8. The summed E-state index contributed by atoms with van der Waals surface area (Å²) < 4.78 is 12.7. The number of carbonyl (C=O) groups is 2. The van der Waals surface area contributed by atoms with Crippen LogP contribution in [-0.4, -0.2) is 75.3 Å². The average Bonchev–Trinajstić information content (AvgIpc) is 3.33. The Labute approximate surface area is 201 Å². The van der Waals surface area contributed by atoms with Crippen LogP contribution in [0.5, 0.6) is 11.5 Å². The predicted molar refractivity (Wildman–Crippen MR) is 125 cm³/mol. The molecule has 0 N–H and O–H groups in total. The van der Waals surface area contributed by atoms with Crippen molar-refractivity contribution in [2.45, 2.75) is 19.9 Å². The Hall–Kier alpha value is -3.59. The van der Waals surface area contributed by atoms with Crippen molar-refractivity contribution >= 4 is 23.4 Å². The lowest BCUT2D eigenvalue weighted by atomic mass is 10.1. The van der Waals surface area contributed by atoms with E-state index in [0.717, 1.165) is 11.3 Å². The van der Waals surface area contributed by atoms with Crippen molar-refractivity contribution < 1.29 is 19.1 Å². The van der Waals surface area contributed by atoms with E-state index in [1.807, 2.05) is 38.1 Å². The monoisotopic (exact) mass is 481 g/mol. The van der Waals surface area contributed by atoms with Crippen molar-refractivity contribution in [3.05, 3.63) is 64.7 Å². The number of aromatic nitrogens is 3. The molecule has 1 unspecified atom stereocenters. The van der Waals surface area contributed by atoms with E-state index in [2.05, 4.69) is 10.1 Å². The lowest BCUT2D eigenvalue weighted by Gasteiger charge is -2.39. The minimum atomic E-state index is -0.257. The number of aryl methyl sites for hydroxylation is 1. The molecule has 2 aliphatic heterocycles. The highest BCUT2D eigenvalue weighted by molar-refractivity contribution is 6.32. The Morgan fingerprint density at radius 2 is 1.91 bits per heavy atom. The van der Waals surface area contributed by atoms with Gasteiger partial charge in [-0.25, -0.2) is 9.67 Å². The number of fused-ring (bicyclic) bond motifs is 1. The molecule has 3 aromatic rings. The number of amides is 2. The van der Waals surface area contributed by atoms with E-state index in [1.165, 1.54) is 6.33 Å². The normalized spacial score (nSPS) is 17.6. The van der Waals surface area contributed by atoms with Crippen LogP contribution in [0.3, 0.4) is 0 Å². The van der Waals surface area contributed by atoms with E-state index in [0.29, 0.717) is 54.9 Å². The van der Waals surface area contributed by atoms with Gasteiger partial charge in [0.25, 0.3) is 11.8 Å². The van der Waals surface area contributed by atoms with Gasteiger partial charge in [0.15, 0.2) is 11.5 Å². The van der Waals surface area contributed by atoms with Crippen molar-refractivity contribution in [3.63, 3.8) is 0 Å². The number of piperazine rings is 1. The Kier molecular flexibility index (Phi) is 5.87.